The molecule has 0 spiro atoms. The SMILES string of the molecule is Cc1nnc(S[C@H](C[N+](=O)[O-])c2ccccc2OCc2ccc(Cl)cc2Cl)n1-c1ccc(F)cc1. The fourth-order valence-corrected chi connectivity index (χ4v) is 5.11. The molecule has 4 aromatic rings. The van der Waals surface area contributed by atoms with E-state index in [0.29, 0.717) is 38.0 Å². The van der Waals surface area contributed by atoms with Gasteiger partial charge >= 0.3 is 0 Å². The van der Waals surface area contributed by atoms with E-state index in [9.17, 15) is 14.5 Å². The predicted molar refractivity (Wildman–Crippen MR) is 134 cm³/mol. The monoisotopic (exact) mass is 532 g/mol. The molecule has 3 aromatic carbocycles. The Morgan fingerprint density at radius 3 is 2.57 bits per heavy atom. The summed E-state index contributed by atoms with van der Waals surface area (Å²) in [5.74, 6) is 0.690. The highest BCUT2D eigenvalue weighted by molar-refractivity contribution is 7.99. The standard InChI is InChI=1S/C24H19Cl2FN4O3S/c1-15-28-29-24(31(15)19-10-8-18(27)9-11-19)35-23(13-30(32)33)20-4-2-3-5-22(20)34-14-16-6-7-17(25)12-21(16)26/h2-12,23H,13-14H2,1H3/t23-/m1/s1. The van der Waals surface area contributed by atoms with Crippen molar-refractivity contribution in [1.29, 1.82) is 0 Å². The van der Waals surface area contributed by atoms with E-state index < -0.39 is 5.25 Å². The van der Waals surface area contributed by atoms with E-state index >= 15 is 0 Å². The van der Waals surface area contributed by atoms with Crippen LogP contribution in [0.2, 0.25) is 10.0 Å². The largest absolute Gasteiger partial charge is 0.489 e. The summed E-state index contributed by atoms with van der Waals surface area (Å²) < 4.78 is 21.2. The zero-order chi connectivity index (χ0) is 24.9. The molecule has 0 unspecified atom stereocenters. The lowest BCUT2D eigenvalue weighted by atomic mass is 10.1. The smallest absolute Gasteiger partial charge is 0.220 e. The van der Waals surface area contributed by atoms with Gasteiger partial charge in [0.15, 0.2) is 5.16 Å². The molecule has 1 atom stereocenters. The van der Waals surface area contributed by atoms with E-state index in [1.165, 1.54) is 23.9 Å². The second kappa shape index (κ2) is 11.1. The Morgan fingerprint density at radius 1 is 1.11 bits per heavy atom. The van der Waals surface area contributed by atoms with Crippen molar-refractivity contribution >= 4 is 35.0 Å². The van der Waals surface area contributed by atoms with Gasteiger partial charge in [-0.15, -0.1) is 10.2 Å². The molecule has 0 aliphatic heterocycles. The third-order valence-electron chi connectivity index (χ3n) is 5.11. The number of rotatable bonds is 9. The normalized spacial score (nSPS) is 11.9. The number of para-hydroxylation sites is 1. The van der Waals surface area contributed by atoms with Crippen LogP contribution in [0.15, 0.2) is 71.9 Å². The van der Waals surface area contributed by atoms with Crippen molar-refractivity contribution in [2.24, 2.45) is 0 Å². The van der Waals surface area contributed by atoms with Gasteiger partial charge in [-0.05, 0) is 49.4 Å². The molecule has 1 heterocycles. The summed E-state index contributed by atoms with van der Waals surface area (Å²) in [6.45, 7) is 1.55. The van der Waals surface area contributed by atoms with Gasteiger partial charge < -0.3 is 4.74 Å². The Morgan fingerprint density at radius 2 is 1.86 bits per heavy atom. The van der Waals surface area contributed by atoms with E-state index in [4.69, 9.17) is 27.9 Å². The van der Waals surface area contributed by atoms with Gasteiger partial charge in [0.1, 0.15) is 29.2 Å². The van der Waals surface area contributed by atoms with Gasteiger partial charge in [0, 0.05) is 31.8 Å². The third kappa shape index (κ3) is 6.11. The number of nitrogens with zero attached hydrogens (tertiary/aromatic N) is 4. The molecule has 4 rings (SSSR count). The number of benzene rings is 3. The number of aryl methyl sites for hydroxylation is 1. The number of hydrogen-bond donors (Lipinski definition) is 0. The van der Waals surface area contributed by atoms with Crippen LogP contribution in [0.25, 0.3) is 5.69 Å². The van der Waals surface area contributed by atoms with Crippen molar-refractivity contribution in [2.75, 3.05) is 6.54 Å². The Hall–Kier alpha value is -3.14. The van der Waals surface area contributed by atoms with Gasteiger partial charge in [-0.1, -0.05) is 59.2 Å². The number of thioether (sulfide) groups is 1. The van der Waals surface area contributed by atoms with E-state index in [-0.39, 0.29) is 23.9 Å². The Labute approximate surface area is 215 Å². The van der Waals surface area contributed by atoms with Crippen LogP contribution in [0, 0.1) is 22.9 Å². The lowest BCUT2D eigenvalue weighted by Crippen LogP contribution is -2.12. The van der Waals surface area contributed by atoms with Crippen LogP contribution in [0.4, 0.5) is 4.39 Å². The molecule has 1 aromatic heterocycles. The maximum Gasteiger partial charge on any atom is 0.220 e. The van der Waals surface area contributed by atoms with Crippen molar-refractivity contribution in [2.45, 2.75) is 23.9 Å². The maximum absolute atomic E-state index is 13.4. The molecular formula is C24H19Cl2FN4O3S. The van der Waals surface area contributed by atoms with Gasteiger partial charge in [0.25, 0.3) is 0 Å². The highest BCUT2D eigenvalue weighted by atomic mass is 35.5. The summed E-state index contributed by atoms with van der Waals surface area (Å²) in [6.07, 6.45) is 0. The third-order valence-corrected chi connectivity index (χ3v) is 6.86. The second-order valence-corrected chi connectivity index (χ2v) is 9.54. The minimum absolute atomic E-state index is 0.160. The first-order valence-corrected chi connectivity index (χ1v) is 12.1. The topological polar surface area (TPSA) is 83.1 Å². The lowest BCUT2D eigenvalue weighted by molar-refractivity contribution is -0.479. The van der Waals surface area contributed by atoms with Crippen LogP contribution in [-0.2, 0) is 6.61 Å². The van der Waals surface area contributed by atoms with Gasteiger partial charge in [-0.2, -0.15) is 0 Å². The van der Waals surface area contributed by atoms with Crippen LogP contribution >= 0.6 is 35.0 Å². The second-order valence-electron chi connectivity index (χ2n) is 7.53. The summed E-state index contributed by atoms with van der Waals surface area (Å²) in [6, 6.07) is 18.1. The summed E-state index contributed by atoms with van der Waals surface area (Å²) in [5, 5.41) is 20.7. The first-order chi connectivity index (χ1) is 16.8. The molecule has 0 saturated heterocycles. The average molecular weight is 533 g/mol. The fraction of sp³-hybridized carbons (Fsp3) is 0.167. The minimum atomic E-state index is -0.635. The molecule has 11 heteroatoms. The van der Waals surface area contributed by atoms with E-state index in [1.807, 2.05) is 0 Å². The molecule has 7 nitrogen and oxygen atoms in total. The number of hydrogen-bond acceptors (Lipinski definition) is 6. The van der Waals surface area contributed by atoms with Gasteiger partial charge in [-0.3, -0.25) is 14.7 Å². The zero-order valence-corrected chi connectivity index (χ0v) is 20.7. The van der Waals surface area contributed by atoms with Crippen molar-refractivity contribution in [3.8, 4) is 11.4 Å². The first-order valence-electron chi connectivity index (χ1n) is 10.4. The molecule has 0 saturated carbocycles. The lowest BCUT2D eigenvalue weighted by Gasteiger charge is -2.18. The number of aromatic nitrogens is 3. The van der Waals surface area contributed by atoms with Gasteiger partial charge in [0.2, 0.25) is 6.54 Å². The molecule has 0 fully saturated rings. The summed E-state index contributed by atoms with van der Waals surface area (Å²) in [7, 11) is 0. The highest BCUT2D eigenvalue weighted by Crippen LogP contribution is 2.40. The van der Waals surface area contributed by atoms with Crippen molar-refractivity contribution < 1.29 is 14.1 Å². The molecular weight excluding hydrogens is 514 g/mol. The van der Waals surface area contributed by atoms with Crippen molar-refractivity contribution in [3.05, 3.63) is 110 Å². The Kier molecular flexibility index (Phi) is 7.90. The van der Waals surface area contributed by atoms with Gasteiger partial charge in [-0.25, -0.2) is 4.39 Å². The summed E-state index contributed by atoms with van der Waals surface area (Å²) >= 11 is 13.4. The first kappa shape index (κ1) is 25.0. The Balaban J connectivity index is 1.64. The molecule has 0 aliphatic rings. The fourth-order valence-electron chi connectivity index (χ4n) is 3.44. The Bertz CT molecular complexity index is 1350. The van der Waals surface area contributed by atoms with E-state index in [2.05, 4.69) is 10.2 Å². The average Bonchev–Trinajstić information content (AvgIpc) is 3.18. The molecule has 35 heavy (non-hydrogen) atoms. The molecule has 0 bridgehead atoms. The molecule has 0 N–H and O–H groups in total. The zero-order valence-electron chi connectivity index (χ0n) is 18.4. The summed E-state index contributed by atoms with van der Waals surface area (Å²) in [4.78, 5) is 11.2. The van der Waals surface area contributed by atoms with Crippen molar-refractivity contribution in [3.63, 3.8) is 0 Å². The quantitative estimate of drug-likeness (QED) is 0.135. The molecule has 0 radical (unpaired) electrons. The van der Waals surface area contributed by atoms with Crippen LogP contribution in [-0.4, -0.2) is 26.2 Å². The number of nitro groups is 1. The van der Waals surface area contributed by atoms with Crippen LogP contribution in [0.1, 0.15) is 22.2 Å². The maximum atomic E-state index is 13.4. The van der Waals surface area contributed by atoms with Crippen molar-refractivity contribution in [1.82, 2.24) is 14.8 Å². The van der Waals surface area contributed by atoms with E-state index in [0.717, 1.165) is 5.56 Å². The highest BCUT2D eigenvalue weighted by Gasteiger charge is 2.26. The van der Waals surface area contributed by atoms with Gasteiger partial charge in [0.05, 0.1) is 0 Å². The predicted octanol–water partition coefficient (Wildman–Crippen LogP) is 6.71. The van der Waals surface area contributed by atoms with Crippen LogP contribution in [0.3, 0.4) is 0 Å². The van der Waals surface area contributed by atoms with E-state index in [1.54, 1.807) is 66.1 Å². The number of ether oxygens (including phenoxy) is 1. The minimum Gasteiger partial charge on any atom is -0.489 e. The number of halogens is 3. The molecule has 0 aliphatic carbocycles. The van der Waals surface area contributed by atoms with Crippen LogP contribution in [0.5, 0.6) is 5.75 Å². The summed E-state index contributed by atoms with van der Waals surface area (Å²) in [5.41, 5.74) is 2.01. The molecule has 180 valence electrons. The molecule has 0 amide bonds. The van der Waals surface area contributed by atoms with Crippen LogP contribution < -0.4 is 4.74 Å².